The molecule has 16 heavy (non-hydrogen) atoms. The van der Waals surface area contributed by atoms with Crippen LogP contribution in [-0.2, 0) is 0 Å². The molecule has 0 aliphatic heterocycles. The third-order valence-electron chi connectivity index (χ3n) is 2.99. The maximum atomic E-state index is 10.5. The first kappa shape index (κ1) is 11.2. The van der Waals surface area contributed by atoms with Crippen LogP contribution in [0.2, 0.25) is 5.02 Å². The molecule has 1 saturated carbocycles. The summed E-state index contributed by atoms with van der Waals surface area (Å²) in [5.74, 6) is 1.50. The molecule has 0 saturated heterocycles. The lowest BCUT2D eigenvalue weighted by atomic mass is 10.2. The second-order valence-electron chi connectivity index (χ2n) is 4.28. The molecule has 86 valence electrons. The molecule has 4 nitrogen and oxygen atoms in total. The lowest BCUT2D eigenvalue weighted by Gasteiger charge is -2.07. The van der Waals surface area contributed by atoms with Gasteiger partial charge in [-0.2, -0.15) is 0 Å². The van der Waals surface area contributed by atoms with Crippen LogP contribution >= 0.6 is 11.6 Å². The van der Waals surface area contributed by atoms with E-state index in [1.54, 1.807) is 6.07 Å². The molecule has 1 aliphatic rings. The topological polar surface area (TPSA) is 55.2 Å². The molecule has 1 aromatic rings. The van der Waals surface area contributed by atoms with Crippen molar-refractivity contribution in [1.29, 1.82) is 0 Å². The summed E-state index contributed by atoms with van der Waals surface area (Å²) in [4.78, 5) is 10.1. The van der Waals surface area contributed by atoms with Crippen LogP contribution in [-0.4, -0.2) is 11.5 Å². The van der Waals surface area contributed by atoms with Gasteiger partial charge in [-0.25, -0.2) is 0 Å². The average Bonchev–Trinajstić information content (AvgIpc) is 2.92. The fraction of sp³-hybridized carbons (Fsp3) is 0.455. The molecular weight excluding hydrogens is 228 g/mol. The van der Waals surface area contributed by atoms with Gasteiger partial charge < -0.3 is 5.32 Å². The number of rotatable bonds is 4. The number of anilines is 1. The van der Waals surface area contributed by atoms with Crippen molar-refractivity contribution >= 4 is 23.0 Å². The van der Waals surface area contributed by atoms with Crippen LogP contribution < -0.4 is 5.32 Å². The Balaban J connectivity index is 2.01. The van der Waals surface area contributed by atoms with E-state index in [2.05, 4.69) is 12.2 Å². The van der Waals surface area contributed by atoms with E-state index in [-0.39, 0.29) is 5.69 Å². The molecule has 1 aromatic carbocycles. The Morgan fingerprint density at radius 2 is 2.31 bits per heavy atom. The number of non-ortho nitro benzene ring substituents is 1. The highest BCUT2D eigenvalue weighted by atomic mass is 35.5. The van der Waals surface area contributed by atoms with Crippen molar-refractivity contribution < 1.29 is 4.92 Å². The number of benzene rings is 1. The smallest absolute Gasteiger partial charge is 0.271 e. The minimum Gasteiger partial charge on any atom is -0.384 e. The maximum absolute atomic E-state index is 10.5. The Kier molecular flexibility index (Phi) is 3.01. The Labute approximate surface area is 98.8 Å². The number of nitrogens with zero attached hydrogens (tertiary/aromatic N) is 1. The zero-order chi connectivity index (χ0) is 11.7. The first-order chi connectivity index (χ1) is 7.58. The molecule has 0 radical (unpaired) electrons. The molecule has 1 aliphatic carbocycles. The van der Waals surface area contributed by atoms with Crippen LogP contribution in [0.1, 0.15) is 13.3 Å². The standard InChI is InChI=1S/C11H13ClN2O2/c1-7-4-8(7)6-13-11-3-2-9(14(15)16)5-10(11)12/h2-3,5,7-8,13H,4,6H2,1H3. The predicted octanol–water partition coefficient (Wildman–Crippen LogP) is 3.32. The molecule has 0 bridgehead atoms. The van der Waals surface area contributed by atoms with Gasteiger partial charge in [0.2, 0.25) is 0 Å². The largest absolute Gasteiger partial charge is 0.384 e. The molecule has 1 fully saturated rings. The Hall–Kier alpha value is -1.29. The molecule has 2 rings (SSSR count). The summed E-state index contributed by atoms with van der Waals surface area (Å²) >= 11 is 5.95. The molecule has 5 heteroatoms. The van der Waals surface area contributed by atoms with Gasteiger partial charge in [0.05, 0.1) is 15.6 Å². The summed E-state index contributed by atoms with van der Waals surface area (Å²) in [7, 11) is 0. The van der Waals surface area contributed by atoms with Crippen LogP contribution in [0, 0.1) is 22.0 Å². The summed E-state index contributed by atoms with van der Waals surface area (Å²) in [6.45, 7) is 3.10. The highest BCUT2D eigenvalue weighted by Gasteiger charge is 2.31. The monoisotopic (exact) mass is 240 g/mol. The zero-order valence-corrected chi connectivity index (χ0v) is 9.70. The summed E-state index contributed by atoms with van der Waals surface area (Å²) in [6, 6.07) is 4.50. The lowest BCUT2D eigenvalue weighted by molar-refractivity contribution is -0.384. The van der Waals surface area contributed by atoms with E-state index in [1.807, 2.05) is 0 Å². The van der Waals surface area contributed by atoms with E-state index in [0.717, 1.165) is 18.2 Å². The van der Waals surface area contributed by atoms with Gasteiger partial charge in [-0.1, -0.05) is 18.5 Å². The first-order valence-electron chi connectivity index (χ1n) is 5.25. The van der Waals surface area contributed by atoms with Crippen molar-refractivity contribution in [2.24, 2.45) is 11.8 Å². The van der Waals surface area contributed by atoms with Crippen molar-refractivity contribution in [3.8, 4) is 0 Å². The summed E-state index contributed by atoms with van der Waals surface area (Å²) in [5, 5.41) is 14.1. The van der Waals surface area contributed by atoms with Crippen LogP contribution in [0.4, 0.5) is 11.4 Å². The van der Waals surface area contributed by atoms with E-state index in [9.17, 15) is 10.1 Å². The molecule has 0 amide bonds. The second kappa shape index (κ2) is 4.29. The average molecular weight is 241 g/mol. The van der Waals surface area contributed by atoms with Crippen LogP contribution in [0.5, 0.6) is 0 Å². The van der Waals surface area contributed by atoms with Crippen molar-refractivity contribution in [3.63, 3.8) is 0 Å². The van der Waals surface area contributed by atoms with Crippen LogP contribution in [0.25, 0.3) is 0 Å². The van der Waals surface area contributed by atoms with Gasteiger partial charge >= 0.3 is 0 Å². The van der Waals surface area contributed by atoms with Gasteiger partial charge in [0.1, 0.15) is 0 Å². The lowest BCUT2D eigenvalue weighted by Crippen LogP contribution is -2.04. The first-order valence-corrected chi connectivity index (χ1v) is 5.63. The third kappa shape index (κ3) is 2.44. The highest BCUT2D eigenvalue weighted by Crippen LogP contribution is 2.38. The number of nitro benzene ring substituents is 1. The third-order valence-corrected chi connectivity index (χ3v) is 3.31. The highest BCUT2D eigenvalue weighted by molar-refractivity contribution is 6.33. The van der Waals surface area contributed by atoms with Crippen molar-refractivity contribution in [3.05, 3.63) is 33.3 Å². The number of nitrogens with one attached hydrogen (secondary N) is 1. The Morgan fingerprint density at radius 1 is 1.62 bits per heavy atom. The van der Waals surface area contributed by atoms with Crippen molar-refractivity contribution in [2.45, 2.75) is 13.3 Å². The molecular formula is C11H13ClN2O2. The van der Waals surface area contributed by atoms with Gasteiger partial charge in [-0.05, 0) is 24.3 Å². The van der Waals surface area contributed by atoms with Gasteiger partial charge in [-0.3, -0.25) is 10.1 Å². The fourth-order valence-electron chi connectivity index (χ4n) is 1.69. The number of hydrogen-bond donors (Lipinski definition) is 1. The van der Waals surface area contributed by atoms with E-state index in [4.69, 9.17) is 11.6 Å². The molecule has 0 aromatic heterocycles. The molecule has 2 atom stereocenters. The summed E-state index contributed by atoms with van der Waals surface area (Å²) in [6.07, 6.45) is 1.25. The van der Waals surface area contributed by atoms with Gasteiger partial charge in [-0.15, -0.1) is 0 Å². The Morgan fingerprint density at radius 3 is 2.81 bits per heavy atom. The van der Waals surface area contributed by atoms with Gasteiger partial charge in [0, 0.05) is 18.7 Å². The van der Waals surface area contributed by atoms with Gasteiger partial charge in [0.25, 0.3) is 5.69 Å². The molecule has 2 unspecified atom stereocenters. The normalized spacial score (nSPS) is 22.9. The molecule has 1 N–H and O–H groups in total. The zero-order valence-electron chi connectivity index (χ0n) is 8.94. The van der Waals surface area contributed by atoms with Gasteiger partial charge in [0.15, 0.2) is 0 Å². The maximum Gasteiger partial charge on any atom is 0.271 e. The summed E-state index contributed by atoms with van der Waals surface area (Å²) < 4.78 is 0. The number of nitro groups is 1. The predicted molar refractivity (Wildman–Crippen MR) is 63.9 cm³/mol. The SMILES string of the molecule is CC1CC1CNc1ccc([N+](=O)[O-])cc1Cl. The van der Waals surface area contributed by atoms with Crippen LogP contribution in [0.3, 0.4) is 0 Å². The van der Waals surface area contributed by atoms with E-state index >= 15 is 0 Å². The quantitative estimate of drug-likeness (QED) is 0.649. The van der Waals surface area contributed by atoms with E-state index < -0.39 is 4.92 Å². The number of hydrogen-bond acceptors (Lipinski definition) is 3. The van der Waals surface area contributed by atoms with E-state index in [1.165, 1.54) is 18.6 Å². The molecule has 0 spiro atoms. The molecule has 0 heterocycles. The summed E-state index contributed by atoms with van der Waals surface area (Å²) in [5.41, 5.74) is 0.793. The number of halogens is 1. The Bertz CT molecular complexity index is 422. The second-order valence-corrected chi connectivity index (χ2v) is 4.68. The van der Waals surface area contributed by atoms with Crippen molar-refractivity contribution in [1.82, 2.24) is 0 Å². The van der Waals surface area contributed by atoms with Crippen LogP contribution in [0.15, 0.2) is 18.2 Å². The minimum absolute atomic E-state index is 0.0235. The van der Waals surface area contributed by atoms with Crippen molar-refractivity contribution in [2.75, 3.05) is 11.9 Å². The van der Waals surface area contributed by atoms with E-state index in [0.29, 0.717) is 10.9 Å². The fourth-order valence-corrected chi connectivity index (χ4v) is 1.93. The minimum atomic E-state index is -0.446.